The van der Waals surface area contributed by atoms with E-state index >= 15 is 0 Å². The lowest BCUT2D eigenvalue weighted by Gasteiger charge is -2.20. The minimum atomic E-state index is 0.348. The highest BCUT2D eigenvalue weighted by Gasteiger charge is 2.10. The van der Waals surface area contributed by atoms with E-state index in [2.05, 4.69) is 41.6 Å². The highest BCUT2D eigenvalue weighted by molar-refractivity contribution is 5.79. The summed E-state index contributed by atoms with van der Waals surface area (Å²) >= 11 is 0. The van der Waals surface area contributed by atoms with Crippen LogP contribution in [0.25, 0.3) is 11.3 Å². The molecule has 118 valence electrons. The third kappa shape index (κ3) is 4.35. The third-order valence-corrected chi connectivity index (χ3v) is 3.65. The molecule has 1 aromatic carbocycles. The molecule has 0 aliphatic carbocycles. The van der Waals surface area contributed by atoms with Gasteiger partial charge in [-0.2, -0.15) is 0 Å². The number of nitrogens with zero attached hydrogens (tertiary/aromatic N) is 2. The first-order valence-electron chi connectivity index (χ1n) is 7.58. The smallest absolute Gasteiger partial charge is 0.191 e. The minimum Gasteiger partial charge on any atom is -0.359 e. The molecule has 0 aliphatic rings. The van der Waals surface area contributed by atoms with Gasteiger partial charge in [-0.3, -0.25) is 4.99 Å². The average Bonchev–Trinajstić information content (AvgIpc) is 3.00. The van der Waals surface area contributed by atoms with Crippen LogP contribution in [0.5, 0.6) is 0 Å². The van der Waals surface area contributed by atoms with Gasteiger partial charge in [-0.15, -0.1) is 0 Å². The van der Waals surface area contributed by atoms with E-state index in [-0.39, 0.29) is 0 Å². The van der Waals surface area contributed by atoms with Gasteiger partial charge in [0.15, 0.2) is 11.7 Å². The Morgan fingerprint density at radius 1 is 1.23 bits per heavy atom. The number of hydrogen-bond acceptors (Lipinski definition) is 3. The molecular formula is C17H24N4O. The fourth-order valence-corrected chi connectivity index (χ4v) is 1.89. The van der Waals surface area contributed by atoms with E-state index in [1.54, 1.807) is 7.05 Å². The Labute approximate surface area is 131 Å². The number of nitrogens with one attached hydrogen (secondary N) is 2. The lowest BCUT2D eigenvalue weighted by atomic mass is 10.1. The summed E-state index contributed by atoms with van der Waals surface area (Å²) in [7, 11) is 1.76. The summed E-state index contributed by atoms with van der Waals surface area (Å²) in [5.74, 6) is 2.08. The van der Waals surface area contributed by atoms with E-state index in [9.17, 15) is 0 Å². The van der Waals surface area contributed by atoms with Gasteiger partial charge in [0.05, 0.1) is 6.54 Å². The van der Waals surface area contributed by atoms with Crippen LogP contribution in [-0.4, -0.2) is 24.2 Å². The maximum atomic E-state index is 5.37. The Hall–Kier alpha value is -2.30. The molecule has 1 unspecified atom stereocenters. The van der Waals surface area contributed by atoms with Gasteiger partial charge in [0, 0.05) is 24.7 Å². The molecule has 0 amide bonds. The van der Waals surface area contributed by atoms with Gasteiger partial charge in [0.25, 0.3) is 0 Å². The molecular weight excluding hydrogens is 276 g/mol. The largest absolute Gasteiger partial charge is 0.359 e. The van der Waals surface area contributed by atoms with Crippen molar-refractivity contribution in [2.24, 2.45) is 10.9 Å². The summed E-state index contributed by atoms with van der Waals surface area (Å²) in [6.07, 6.45) is 0. The van der Waals surface area contributed by atoms with Crippen LogP contribution in [0, 0.1) is 5.92 Å². The Kier molecular flexibility index (Phi) is 5.58. The molecule has 0 spiro atoms. The third-order valence-electron chi connectivity index (χ3n) is 3.65. The van der Waals surface area contributed by atoms with Gasteiger partial charge in [-0.25, -0.2) is 0 Å². The topological polar surface area (TPSA) is 62.5 Å². The van der Waals surface area contributed by atoms with Crippen LogP contribution in [0.1, 0.15) is 26.5 Å². The molecule has 0 saturated heterocycles. The van der Waals surface area contributed by atoms with Crippen molar-refractivity contribution in [2.75, 3.05) is 7.05 Å². The standard InChI is InChI=1S/C17H24N4O/c1-12(2)13(3)20-17(18-4)19-11-15-10-16(21-22-15)14-8-6-5-7-9-14/h5-10,12-13H,11H2,1-4H3,(H2,18,19,20). The molecule has 1 atom stereocenters. The van der Waals surface area contributed by atoms with E-state index in [4.69, 9.17) is 4.52 Å². The van der Waals surface area contributed by atoms with Crippen LogP contribution >= 0.6 is 0 Å². The zero-order valence-corrected chi connectivity index (χ0v) is 13.6. The van der Waals surface area contributed by atoms with Crippen LogP contribution in [0.3, 0.4) is 0 Å². The van der Waals surface area contributed by atoms with Gasteiger partial charge < -0.3 is 15.2 Å². The molecule has 1 aromatic heterocycles. The second-order valence-corrected chi connectivity index (χ2v) is 5.65. The van der Waals surface area contributed by atoms with E-state index < -0.39 is 0 Å². The van der Waals surface area contributed by atoms with Gasteiger partial charge >= 0.3 is 0 Å². The molecule has 0 aliphatic heterocycles. The van der Waals surface area contributed by atoms with Crippen molar-refractivity contribution in [3.8, 4) is 11.3 Å². The van der Waals surface area contributed by atoms with Crippen molar-refractivity contribution in [1.82, 2.24) is 15.8 Å². The summed E-state index contributed by atoms with van der Waals surface area (Å²) in [5.41, 5.74) is 1.89. The molecule has 0 radical (unpaired) electrons. The quantitative estimate of drug-likeness (QED) is 0.658. The van der Waals surface area contributed by atoms with Gasteiger partial charge in [-0.05, 0) is 12.8 Å². The average molecular weight is 300 g/mol. The zero-order valence-electron chi connectivity index (χ0n) is 13.6. The van der Waals surface area contributed by atoms with Crippen LogP contribution in [-0.2, 0) is 6.54 Å². The van der Waals surface area contributed by atoms with E-state index in [0.717, 1.165) is 23.0 Å². The van der Waals surface area contributed by atoms with Gasteiger partial charge in [0.1, 0.15) is 5.69 Å². The fourth-order valence-electron chi connectivity index (χ4n) is 1.89. The second-order valence-electron chi connectivity index (χ2n) is 5.65. The Morgan fingerprint density at radius 3 is 2.59 bits per heavy atom. The van der Waals surface area contributed by atoms with Crippen LogP contribution in [0.15, 0.2) is 45.9 Å². The fraction of sp³-hybridized carbons (Fsp3) is 0.412. The normalized spacial score (nSPS) is 13.2. The van der Waals surface area contributed by atoms with Gasteiger partial charge in [-0.1, -0.05) is 49.3 Å². The first kappa shape index (κ1) is 16.1. The predicted molar refractivity (Wildman–Crippen MR) is 89.6 cm³/mol. The summed E-state index contributed by atoms with van der Waals surface area (Å²) in [6.45, 7) is 7.03. The van der Waals surface area contributed by atoms with Crippen molar-refractivity contribution in [1.29, 1.82) is 0 Å². The lowest BCUT2D eigenvalue weighted by molar-refractivity contribution is 0.381. The van der Waals surface area contributed by atoms with Crippen molar-refractivity contribution in [2.45, 2.75) is 33.4 Å². The zero-order chi connectivity index (χ0) is 15.9. The Morgan fingerprint density at radius 2 is 1.95 bits per heavy atom. The first-order valence-corrected chi connectivity index (χ1v) is 7.58. The maximum Gasteiger partial charge on any atom is 0.191 e. The highest BCUT2D eigenvalue weighted by atomic mass is 16.5. The summed E-state index contributed by atoms with van der Waals surface area (Å²) in [4.78, 5) is 4.22. The highest BCUT2D eigenvalue weighted by Crippen LogP contribution is 2.18. The summed E-state index contributed by atoms with van der Waals surface area (Å²) in [6, 6.07) is 12.3. The van der Waals surface area contributed by atoms with Crippen LogP contribution < -0.4 is 10.6 Å². The van der Waals surface area contributed by atoms with Crippen molar-refractivity contribution < 1.29 is 4.52 Å². The molecule has 1 heterocycles. The first-order chi connectivity index (χ1) is 10.6. The SMILES string of the molecule is CN=C(NCc1cc(-c2ccccc2)no1)NC(C)C(C)C. The number of aliphatic imine (C=N–C) groups is 1. The van der Waals surface area contributed by atoms with Crippen LogP contribution in [0.2, 0.25) is 0 Å². The molecule has 2 aromatic rings. The lowest BCUT2D eigenvalue weighted by Crippen LogP contribution is -2.43. The van der Waals surface area contributed by atoms with Crippen molar-refractivity contribution in [3.63, 3.8) is 0 Å². The molecule has 22 heavy (non-hydrogen) atoms. The number of hydrogen-bond donors (Lipinski definition) is 2. The second kappa shape index (κ2) is 7.64. The summed E-state index contributed by atoms with van der Waals surface area (Å²) in [5, 5.41) is 10.7. The Bertz CT molecular complexity index is 604. The van der Waals surface area contributed by atoms with Crippen molar-refractivity contribution in [3.05, 3.63) is 42.2 Å². The molecule has 5 heteroatoms. The monoisotopic (exact) mass is 300 g/mol. The molecule has 0 fully saturated rings. The van der Waals surface area contributed by atoms with Crippen LogP contribution in [0.4, 0.5) is 0 Å². The number of guanidine groups is 1. The number of rotatable bonds is 5. The number of aromatic nitrogens is 1. The molecule has 5 nitrogen and oxygen atoms in total. The molecule has 2 rings (SSSR count). The predicted octanol–water partition coefficient (Wildman–Crippen LogP) is 3.05. The number of benzene rings is 1. The van der Waals surface area contributed by atoms with Crippen molar-refractivity contribution >= 4 is 5.96 Å². The van der Waals surface area contributed by atoms with E-state index in [1.807, 2.05) is 36.4 Å². The molecule has 0 saturated carbocycles. The Balaban J connectivity index is 1.93. The molecule has 0 bridgehead atoms. The minimum absolute atomic E-state index is 0.348. The van der Waals surface area contributed by atoms with E-state index in [0.29, 0.717) is 18.5 Å². The summed E-state index contributed by atoms with van der Waals surface area (Å²) < 4.78 is 5.37. The van der Waals surface area contributed by atoms with Gasteiger partial charge in [0.2, 0.25) is 0 Å². The maximum absolute atomic E-state index is 5.37. The molecule has 2 N–H and O–H groups in total. The van der Waals surface area contributed by atoms with E-state index in [1.165, 1.54) is 0 Å².